The van der Waals surface area contributed by atoms with Crippen LogP contribution in [-0.2, 0) is 0 Å². The van der Waals surface area contributed by atoms with Crippen molar-refractivity contribution in [2.45, 2.75) is 44.1 Å². The molecule has 0 atom stereocenters. The van der Waals surface area contributed by atoms with Crippen LogP contribution in [-0.4, -0.2) is 28.2 Å². The van der Waals surface area contributed by atoms with E-state index in [1.54, 1.807) is 0 Å². The van der Waals surface area contributed by atoms with Crippen LogP contribution < -0.4 is 10.6 Å². The van der Waals surface area contributed by atoms with Gasteiger partial charge in [0.05, 0.1) is 10.5 Å². The second-order valence-electron chi connectivity index (χ2n) is 5.75. The Balaban J connectivity index is 1.83. The predicted molar refractivity (Wildman–Crippen MR) is 82.8 cm³/mol. The lowest BCUT2D eigenvalue weighted by molar-refractivity contribution is -0.384. The van der Waals surface area contributed by atoms with Crippen LogP contribution >= 0.6 is 0 Å². The van der Waals surface area contributed by atoms with Crippen molar-refractivity contribution < 1.29 is 14.8 Å². The lowest BCUT2D eigenvalue weighted by atomic mass is 9.95. The minimum absolute atomic E-state index is 0.0290. The number of nitrogens with one attached hydrogen (secondary N) is 2. The summed E-state index contributed by atoms with van der Waals surface area (Å²) in [5.74, 6) is 0. The number of amides is 2. The van der Waals surface area contributed by atoms with Crippen molar-refractivity contribution in [1.29, 1.82) is 0 Å². The highest BCUT2D eigenvalue weighted by molar-refractivity contribution is 5.89. The number of anilines is 1. The van der Waals surface area contributed by atoms with Crippen LogP contribution in [0.3, 0.4) is 0 Å². The maximum absolute atomic E-state index is 11.8. The Kier molecular flexibility index (Phi) is 5.32. The zero-order valence-corrected chi connectivity index (χ0v) is 12.4. The van der Waals surface area contributed by atoms with Gasteiger partial charge in [0.25, 0.3) is 5.69 Å². The molecule has 2 amide bonds. The molecule has 0 aliphatic heterocycles. The highest BCUT2D eigenvalue weighted by Crippen LogP contribution is 2.26. The van der Waals surface area contributed by atoms with E-state index in [0.29, 0.717) is 18.5 Å². The van der Waals surface area contributed by atoms with Crippen LogP contribution in [0.4, 0.5) is 16.2 Å². The summed E-state index contributed by atoms with van der Waals surface area (Å²) < 4.78 is 0. The topological polar surface area (TPSA) is 104 Å². The van der Waals surface area contributed by atoms with E-state index in [9.17, 15) is 20.0 Å². The van der Waals surface area contributed by atoms with Gasteiger partial charge >= 0.3 is 6.03 Å². The number of nitro benzene ring substituents is 1. The van der Waals surface area contributed by atoms with E-state index in [1.165, 1.54) is 24.3 Å². The van der Waals surface area contributed by atoms with Crippen LogP contribution in [0.25, 0.3) is 0 Å². The van der Waals surface area contributed by atoms with Gasteiger partial charge in [0, 0.05) is 24.4 Å². The Bertz CT molecular complexity index is 522. The molecule has 0 heterocycles. The maximum Gasteiger partial charge on any atom is 0.319 e. The van der Waals surface area contributed by atoms with Gasteiger partial charge in [0.1, 0.15) is 0 Å². The van der Waals surface area contributed by atoms with Gasteiger partial charge in [-0.2, -0.15) is 0 Å². The van der Waals surface area contributed by atoms with Crippen LogP contribution in [0.5, 0.6) is 0 Å². The molecule has 0 aromatic heterocycles. The molecule has 0 radical (unpaired) electrons. The van der Waals surface area contributed by atoms with Gasteiger partial charge in [-0.1, -0.05) is 25.7 Å². The number of hydrogen-bond acceptors (Lipinski definition) is 4. The van der Waals surface area contributed by atoms with Crippen LogP contribution in [0.15, 0.2) is 24.3 Å². The molecule has 3 N–H and O–H groups in total. The zero-order valence-electron chi connectivity index (χ0n) is 12.4. The normalized spacial score (nSPS) is 17.3. The number of urea groups is 1. The Morgan fingerprint density at radius 2 is 1.77 bits per heavy atom. The van der Waals surface area contributed by atoms with Crippen molar-refractivity contribution in [3.8, 4) is 0 Å². The van der Waals surface area contributed by atoms with Crippen molar-refractivity contribution >= 4 is 17.4 Å². The van der Waals surface area contributed by atoms with Gasteiger partial charge < -0.3 is 15.7 Å². The number of nitro groups is 1. The number of aliphatic hydroxyl groups is 1. The monoisotopic (exact) mass is 307 g/mol. The summed E-state index contributed by atoms with van der Waals surface area (Å²) in [6.07, 6.45) is 5.59. The first kappa shape index (κ1) is 16.2. The first-order valence-electron chi connectivity index (χ1n) is 7.50. The number of benzene rings is 1. The number of nitrogens with zero attached hydrogens (tertiary/aromatic N) is 1. The van der Waals surface area contributed by atoms with Crippen molar-refractivity contribution in [2.24, 2.45) is 0 Å². The predicted octanol–water partition coefficient (Wildman–Crippen LogP) is 2.80. The number of carbonyl (C=O) groups is 1. The number of rotatable bonds is 4. The van der Waals surface area contributed by atoms with E-state index in [0.717, 1.165) is 25.7 Å². The van der Waals surface area contributed by atoms with Crippen molar-refractivity contribution in [3.05, 3.63) is 34.4 Å². The molecule has 7 heteroatoms. The smallest absolute Gasteiger partial charge is 0.319 e. The number of non-ortho nitro benzene ring substituents is 1. The molecule has 2 rings (SSSR count). The molecule has 1 aliphatic carbocycles. The number of hydrogen-bond donors (Lipinski definition) is 3. The summed E-state index contributed by atoms with van der Waals surface area (Å²) in [6, 6.07) is 5.17. The fourth-order valence-corrected chi connectivity index (χ4v) is 2.65. The van der Waals surface area contributed by atoms with E-state index in [-0.39, 0.29) is 12.2 Å². The molecule has 0 saturated heterocycles. The van der Waals surface area contributed by atoms with E-state index in [1.807, 2.05) is 0 Å². The van der Waals surface area contributed by atoms with E-state index >= 15 is 0 Å². The van der Waals surface area contributed by atoms with Gasteiger partial charge in [-0.3, -0.25) is 10.1 Å². The van der Waals surface area contributed by atoms with Crippen molar-refractivity contribution in [3.63, 3.8) is 0 Å². The SMILES string of the molecule is O=C(NCC1(O)CCCCCC1)Nc1ccc([N+](=O)[O-])cc1. The van der Waals surface area contributed by atoms with Gasteiger partial charge in [-0.25, -0.2) is 4.79 Å². The molecular formula is C15H21N3O4. The van der Waals surface area contributed by atoms with Gasteiger partial charge in [-0.15, -0.1) is 0 Å². The summed E-state index contributed by atoms with van der Waals surface area (Å²) in [6.45, 7) is 0.214. The third kappa shape index (κ3) is 4.70. The third-order valence-corrected chi connectivity index (χ3v) is 3.95. The molecule has 22 heavy (non-hydrogen) atoms. The second kappa shape index (κ2) is 7.22. The summed E-state index contributed by atoms with van der Waals surface area (Å²) in [4.78, 5) is 21.9. The molecular weight excluding hydrogens is 286 g/mol. The van der Waals surface area contributed by atoms with Gasteiger partial charge in [0.15, 0.2) is 0 Å². The summed E-state index contributed by atoms with van der Waals surface area (Å²) in [5.41, 5.74) is -0.391. The lowest BCUT2D eigenvalue weighted by Gasteiger charge is -2.26. The van der Waals surface area contributed by atoms with Crippen molar-refractivity contribution in [2.75, 3.05) is 11.9 Å². The Hall–Kier alpha value is -2.15. The van der Waals surface area contributed by atoms with Crippen LogP contribution in [0.2, 0.25) is 0 Å². The van der Waals surface area contributed by atoms with Crippen LogP contribution in [0, 0.1) is 10.1 Å². The fraction of sp³-hybridized carbons (Fsp3) is 0.533. The average Bonchev–Trinajstić information content (AvgIpc) is 2.71. The first-order valence-corrected chi connectivity index (χ1v) is 7.50. The average molecular weight is 307 g/mol. The largest absolute Gasteiger partial charge is 0.388 e. The summed E-state index contributed by atoms with van der Waals surface area (Å²) in [5, 5.41) is 26.3. The molecule has 7 nitrogen and oxygen atoms in total. The summed E-state index contributed by atoms with van der Waals surface area (Å²) in [7, 11) is 0. The second-order valence-corrected chi connectivity index (χ2v) is 5.75. The third-order valence-electron chi connectivity index (χ3n) is 3.95. The Morgan fingerprint density at radius 3 is 2.32 bits per heavy atom. The van der Waals surface area contributed by atoms with Crippen molar-refractivity contribution in [1.82, 2.24) is 5.32 Å². The molecule has 1 aromatic rings. The molecule has 0 bridgehead atoms. The highest BCUT2D eigenvalue weighted by atomic mass is 16.6. The van der Waals surface area contributed by atoms with E-state index in [2.05, 4.69) is 10.6 Å². The zero-order chi connectivity index (χ0) is 16.0. The summed E-state index contributed by atoms with van der Waals surface area (Å²) >= 11 is 0. The fourth-order valence-electron chi connectivity index (χ4n) is 2.65. The molecule has 0 spiro atoms. The molecule has 120 valence electrons. The molecule has 1 saturated carbocycles. The van der Waals surface area contributed by atoms with E-state index in [4.69, 9.17) is 0 Å². The first-order chi connectivity index (χ1) is 10.5. The standard InChI is InChI=1S/C15H21N3O4/c19-14(16-11-15(20)9-3-1-2-4-10-15)17-12-5-7-13(8-6-12)18(21)22/h5-8,20H,1-4,9-11H2,(H2,16,17,19). The Morgan fingerprint density at radius 1 is 1.18 bits per heavy atom. The molecule has 0 unspecified atom stereocenters. The highest BCUT2D eigenvalue weighted by Gasteiger charge is 2.28. The minimum Gasteiger partial charge on any atom is -0.388 e. The minimum atomic E-state index is -0.830. The van der Waals surface area contributed by atoms with Crippen LogP contribution in [0.1, 0.15) is 38.5 Å². The quantitative estimate of drug-likeness (QED) is 0.452. The molecule has 1 aromatic carbocycles. The van der Waals surface area contributed by atoms with Gasteiger partial charge in [0.2, 0.25) is 0 Å². The lowest BCUT2D eigenvalue weighted by Crippen LogP contribution is -2.44. The van der Waals surface area contributed by atoms with Gasteiger partial charge in [-0.05, 0) is 25.0 Å². The maximum atomic E-state index is 11.8. The molecule has 1 aliphatic rings. The van der Waals surface area contributed by atoms with E-state index < -0.39 is 16.6 Å². The molecule has 1 fully saturated rings. The Labute approximate surface area is 128 Å². The number of carbonyl (C=O) groups excluding carboxylic acids is 1.